The predicted octanol–water partition coefficient (Wildman–Crippen LogP) is 2.03. The Balaban J connectivity index is 2.15. The molecule has 0 spiro atoms. The third kappa shape index (κ3) is 5.27. The molecule has 0 aliphatic rings. The van der Waals surface area contributed by atoms with Crippen molar-refractivity contribution >= 4 is 39.1 Å². The molecule has 1 aromatic heterocycles. The normalized spacial score (nSPS) is 10.1. The van der Waals surface area contributed by atoms with Gasteiger partial charge in [-0.2, -0.15) is 0 Å². The Hall–Kier alpha value is -0.880. The zero-order valence-electron chi connectivity index (χ0n) is 8.53. The smallest absolute Gasteiger partial charge is 0.303 e. The molecule has 0 saturated carbocycles. The van der Waals surface area contributed by atoms with Crippen LogP contribution < -0.4 is 5.32 Å². The topological polar surface area (TPSA) is 66.4 Å². The van der Waals surface area contributed by atoms with E-state index in [9.17, 15) is 9.59 Å². The second-order valence-electron chi connectivity index (χ2n) is 3.22. The maximum Gasteiger partial charge on any atom is 0.303 e. The Kier molecular flexibility index (Phi) is 5.48. The molecule has 0 atom stereocenters. The molecule has 6 heteroatoms. The van der Waals surface area contributed by atoms with E-state index in [1.807, 2.05) is 11.4 Å². The highest BCUT2D eigenvalue weighted by Crippen LogP contribution is 2.19. The molecule has 1 aromatic rings. The molecule has 0 fully saturated rings. The highest BCUT2D eigenvalue weighted by molar-refractivity contribution is 9.10. The zero-order valence-corrected chi connectivity index (χ0v) is 10.9. The number of hydrogen-bond donors (Lipinski definition) is 2. The Morgan fingerprint density at radius 1 is 1.44 bits per heavy atom. The van der Waals surface area contributed by atoms with Crippen molar-refractivity contribution in [2.45, 2.75) is 19.3 Å². The van der Waals surface area contributed by atoms with Crippen molar-refractivity contribution in [1.29, 1.82) is 0 Å². The number of halogens is 1. The fourth-order valence-corrected chi connectivity index (χ4v) is 2.57. The SMILES string of the molecule is O=C(O)CCC(=O)NCCc1cc(Br)cs1. The Labute approximate surface area is 106 Å². The van der Waals surface area contributed by atoms with Crippen LogP contribution in [-0.2, 0) is 16.0 Å². The summed E-state index contributed by atoms with van der Waals surface area (Å²) in [5.41, 5.74) is 0. The highest BCUT2D eigenvalue weighted by atomic mass is 79.9. The minimum absolute atomic E-state index is 0.0451. The van der Waals surface area contributed by atoms with E-state index in [-0.39, 0.29) is 18.7 Å². The van der Waals surface area contributed by atoms with Crippen LogP contribution in [0.3, 0.4) is 0 Å². The van der Waals surface area contributed by atoms with Crippen molar-refractivity contribution in [3.05, 3.63) is 20.8 Å². The quantitative estimate of drug-likeness (QED) is 0.845. The molecule has 1 heterocycles. The summed E-state index contributed by atoms with van der Waals surface area (Å²) in [5, 5.41) is 13.1. The molecule has 1 rings (SSSR count). The minimum Gasteiger partial charge on any atom is -0.481 e. The Morgan fingerprint density at radius 3 is 2.75 bits per heavy atom. The van der Waals surface area contributed by atoms with E-state index in [0.717, 1.165) is 10.9 Å². The van der Waals surface area contributed by atoms with Crippen LogP contribution in [0.4, 0.5) is 0 Å². The molecule has 88 valence electrons. The number of carboxylic acid groups (broad SMARTS) is 1. The van der Waals surface area contributed by atoms with Crippen molar-refractivity contribution in [3.8, 4) is 0 Å². The summed E-state index contributed by atoms with van der Waals surface area (Å²) in [4.78, 5) is 22.6. The van der Waals surface area contributed by atoms with Crippen molar-refractivity contribution in [3.63, 3.8) is 0 Å². The molecule has 0 aliphatic carbocycles. The fourth-order valence-electron chi connectivity index (χ4n) is 1.12. The average Bonchev–Trinajstić information content (AvgIpc) is 2.61. The molecule has 0 radical (unpaired) electrons. The summed E-state index contributed by atoms with van der Waals surface area (Å²) >= 11 is 4.98. The van der Waals surface area contributed by atoms with Gasteiger partial charge in [0.05, 0.1) is 6.42 Å². The maximum atomic E-state index is 11.2. The molecular formula is C10H12BrNO3S. The molecule has 0 unspecified atom stereocenters. The van der Waals surface area contributed by atoms with Gasteiger partial charge >= 0.3 is 5.97 Å². The van der Waals surface area contributed by atoms with Gasteiger partial charge in [-0.3, -0.25) is 9.59 Å². The number of thiophene rings is 1. The van der Waals surface area contributed by atoms with Crippen LogP contribution >= 0.6 is 27.3 Å². The lowest BCUT2D eigenvalue weighted by molar-refractivity contribution is -0.138. The molecule has 0 bridgehead atoms. The van der Waals surface area contributed by atoms with Gasteiger partial charge in [-0.1, -0.05) is 0 Å². The first kappa shape index (κ1) is 13.2. The minimum atomic E-state index is -0.947. The zero-order chi connectivity index (χ0) is 12.0. The lowest BCUT2D eigenvalue weighted by atomic mass is 10.3. The van der Waals surface area contributed by atoms with Crippen LogP contribution in [0.5, 0.6) is 0 Å². The maximum absolute atomic E-state index is 11.2. The monoisotopic (exact) mass is 305 g/mol. The van der Waals surface area contributed by atoms with Crippen LogP contribution in [0.1, 0.15) is 17.7 Å². The van der Waals surface area contributed by atoms with Gasteiger partial charge in [0.15, 0.2) is 0 Å². The van der Waals surface area contributed by atoms with Crippen LogP contribution in [0, 0.1) is 0 Å². The van der Waals surface area contributed by atoms with Crippen molar-refractivity contribution in [1.82, 2.24) is 5.32 Å². The van der Waals surface area contributed by atoms with Crippen molar-refractivity contribution in [2.24, 2.45) is 0 Å². The van der Waals surface area contributed by atoms with Crippen LogP contribution in [0.15, 0.2) is 15.9 Å². The van der Waals surface area contributed by atoms with E-state index in [1.165, 1.54) is 4.88 Å². The van der Waals surface area contributed by atoms with Gasteiger partial charge in [0, 0.05) is 27.7 Å². The summed E-state index contributed by atoms with van der Waals surface area (Å²) in [5.74, 6) is -1.16. The standard InChI is InChI=1S/C10H12BrNO3S/c11-7-5-8(16-6-7)3-4-12-9(13)1-2-10(14)15/h5-6H,1-4H2,(H,12,13)(H,14,15). The van der Waals surface area contributed by atoms with Gasteiger partial charge in [0.25, 0.3) is 0 Å². The summed E-state index contributed by atoms with van der Waals surface area (Å²) in [7, 11) is 0. The van der Waals surface area contributed by atoms with Crippen LogP contribution in [-0.4, -0.2) is 23.5 Å². The van der Waals surface area contributed by atoms with E-state index in [2.05, 4.69) is 21.2 Å². The van der Waals surface area contributed by atoms with E-state index < -0.39 is 5.97 Å². The number of carbonyl (C=O) groups is 2. The lowest BCUT2D eigenvalue weighted by Gasteiger charge is -2.02. The summed E-state index contributed by atoms with van der Waals surface area (Å²) in [6.45, 7) is 0.547. The first-order valence-corrected chi connectivity index (χ1v) is 6.46. The van der Waals surface area contributed by atoms with E-state index in [4.69, 9.17) is 5.11 Å². The van der Waals surface area contributed by atoms with Gasteiger partial charge in [-0.15, -0.1) is 11.3 Å². The largest absolute Gasteiger partial charge is 0.481 e. The summed E-state index contributed by atoms with van der Waals surface area (Å²) in [6, 6.07) is 2.01. The van der Waals surface area contributed by atoms with Gasteiger partial charge in [-0.05, 0) is 28.4 Å². The predicted molar refractivity (Wildman–Crippen MR) is 65.6 cm³/mol. The molecule has 0 saturated heterocycles. The van der Waals surface area contributed by atoms with Crippen molar-refractivity contribution < 1.29 is 14.7 Å². The number of carbonyl (C=O) groups excluding carboxylic acids is 1. The van der Waals surface area contributed by atoms with Gasteiger partial charge < -0.3 is 10.4 Å². The molecule has 4 nitrogen and oxygen atoms in total. The molecular weight excluding hydrogens is 294 g/mol. The van der Waals surface area contributed by atoms with Gasteiger partial charge in [0.1, 0.15) is 0 Å². The van der Waals surface area contributed by atoms with E-state index in [1.54, 1.807) is 11.3 Å². The second kappa shape index (κ2) is 6.65. The fraction of sp³-hybridized carbons (Fsp3) is 0.400. The molecule has 0 aromatic carbocycles. The first-order valence-electron chi connectivity index (χ1n) is 4.79. The summed E-state index contributed by atoms with van der Waals surface area (Å²) in [6.07, 6.45) is 0.703. The third-order valence-electron chi connectivity index (χ3n) is 1.88. The van der Waals surface area contributed by atoms with E-state index in [0.29, 0.717) is 6.54 Å². The highest BCUT2D eigenvalue weighted by Gasteiger charge is 2.04. The molecule has 2 N–H and O–H groups in total. The third-order valence-corrected chi connectivity index (χ3v) is 3.64. The first-order chi connectivity index (χ1) is 7.58. The Morgan fingerprint density at radius 2 is 2.19 bits per heavy atom. The molecule has 0 aliphatic heterocycles. The van der Waals surface area contributed by atoms with Crippen LogP contribution in [0.25, 0.3) is 0 Å². The van der Waals surface area contributed by atoms with Crippen LogP contribution in [0.2, 0.25) is 0 Å². The second-order valence-corrected chi connectivity index (χ2v) is 5.14. The molecule has 1 amide bonds. The number of aliphatic carboxylic acids is 1. The number of amides is 1. The van der Waals surface area contributed by atoms with Crippen molar-refractivity contribution in [2.75, 3.05) is 6.54 Å². The van der Waals surface area contributed by atoms with Gasteiger partial charge in [-0.25, -0.2) is 0 Å². The summed E-state index contributed by atoms with van der Waals surface area (Å²) < 4.78 is 1.05. The number of nitrogens with one attached hydrogen (secondary N) is 1. The van der Waals surface area contributed by atoms with E-state index >= 15 is 0 Å². The molecule has 16 heavy (non-hydrogen) atoms. The number of carboxylic acids is 1. The Bertz CT molecular complexity index is 378. The average molecular weight is 306 g/mol. The number of rotatable bonds is 6. The lowest BCUT2D eigenvalue weighted by Crippen LogP contribution is -2.25. The van der Waals surface area contributed by atoms with Gasteiger partial charge in [0.2, 0.25) is 5.91 Å². The number of hydrogen-bond acceptors (Lipinski definition) is 3.